The van der Waals surface area contributed by atoms with Gasteiger partial charge in [-0.25, -0.2) is 0 Å². The first-order valence-electron chi connectivity index (χ1n) is 18.0. The molecule has 0 fully saturated rings. The molecule has 5 heteroatoms. The van der Waals surface area contributed by atoms with Crippen molar-refractivity contribution in [1.82, 2.24) is 0 Å². The molecule has 0 rings (SSSR count). The summed E-state index contributed by atoms with van der Waals surface area (Å²) in [5, 5.41) is 9.51. The third-order valence-corrected chi connectivity index (χ3v) is 7.69. The summed E-state index contributed by atoms with van der Waals surface area (Å²) in [4.78, 5) is 24.1. The Morgan fingerprint density at radius 2 is 0.930 bits per heavy atom. The van der Waals surface area contributed by atoms with Gasteiger partial charge < -0.3 is 14.6 Å². The number of ether oxygens (including phenoxy) is 2. The van der Waals surface area contributed by atoms with Crippen LogP contribution in [0.15, 0.2) is 36.5 Å². The summed E-state index contributed by atoms with van der Waals surface area (Å²) in [5.74, 6) is -0.615. The average molecular weight is 605 g/mol. The van der Waals surface area contributed by atoms with Gasteiger partial charge in [0.2, 0.25) is 0 Å². The number of carbonyl (C=O) groups excluding carboxylic acids is 2. The zero-order valence-electron chi connectivity index (χ0n) is 28.2. The van der Waals surface area contributed by atoms with E-state index >= 15 is 0 Å². The van der Waals surface area contributed by atoms with Crippen LogP contribution in [0.5, 0.6) is 0 Å². The molecule has 0 saturated heterocycles. The molecule has 0 aromatic rings. The quantitative estimate of drug-likeness (QED) is 0.0470. The molecule has 0 heterocycles. The zero-order valence-corrected chi connectivity index (χ0v) is 28.2. The van der Waals surface area contributed by atoms with Crippen LogP contribution in [0.3, 0.4) is 0 Å². The maximum atomic E-state index is 12.1. The Labute approximate surface area is 266 Å². The number of carbonyl (C=O) groups is 2. The molecular formula is C38H68O5. The minimum Gasteiger partial charge on any atom is -0.462 e. The van der Waals surface area contributed by atoms with Crippen LogP contribution in [0.1, 0.15) is 174 Å². The second-order valence-corrected chi connectivity index (χ2v) is 12.0. The molecule has 0 aliphatic carbocycles. The Morgan fingerprint density at radius 3 is 1.44 bits per heavy atom. The molecule has 0 aliphatic heterocycles. The highest BCUT2D eigenvalue weighted by atomic mass is 16.6. The van der Waals surface area contributed by atoms with E-state index in [4.69, 9.17) is 9.47 Å². The fourth-order valence-corrected chi connectivity index (χ4v) is 4.91. The van der Waals surface area contributed by atoms with Crippen LogP contribution in [0.4, 0.5) is 0 Å². The van der Waals surface area contributed by atoms with Crippen molar-refractivity contribution in [2.75, 3.05) is 13.2 Å². The van der Waals surface area contributed by atoms with Crippen LogP contribution in [0.25, 0.3) is 0 Å². The summed E-state index contributed by atoms with van der Waals surface area (Å²) in [5.41, 5.74) is 0. The van der Waals surface area contributed by atoms with Gasteiger partial charge in [-0.15, -0.1) is 0 Å². The standard InChI is InChI=1S/C38H68O5/c1-3-5-7-9-11-13-15-17-18-19-20-21-23-25-27-29-31-33-38(41)43-36(34-39)35-42-37(40)32-30-28-26-24-22-16-14-12-10-8-6-4-2/h11,13,17-18,20-21,36,39H,3-10,12,14-16,19,22-35H2,1-2H3/b13-11-,18-17-,21-20-/t36-/m0/s1. The van der Waals surface area contributed by atoms with Crippen molar-refractivity contribution in [1.29, 1.82) is 0 Å². The van der Waals surface area contributed by atoms with Crippen molar-refractivity contribution in [3.63, 3.8) is 0 Å². The van der Waals surface area contributed by atoms with E-state index in [0.29, 0.717) is 12.8 Å². The van der Waals surface area contributed by atoms with Crippen LogP contribution in [-0.4, -0.2) is 36.4 Å². The van der Waals surface area contributed by atoms with Crippen molar-refractivity contribution >= 4 is 11.9 Å². The number of unbranched alkanes of at least 4 members (excludes halogenated alkanes) is 18. The van der Waals surface area contributed by atoms with Gasteiger partial charge in [-0.1, -0.05) is 147 Å². The Balaban J connectivity index is 3.62. The molecule has 0 spiro atoms. The van der Waals surface area contributed by atoms with Gasteiger partial charge >= 0.3 is 11.9 Å². The molecule has 0 aromatic heterocycles. The molecule has 0 bridgehead atoms. The van der Waals surface area contributed by atoms with Gasteiger partial charge in [0.05, 0.1) is 6.61 Å². The molecular weight excluding hydrogens is 536 g/mol. The average Bonchev–Trinajstić information content (AvgIpc) is 3.01. The molecule has 43 heavy (non-hydrogen) atoms. The van der Waals surface area contributed by atoms with Crippen molar-refractivity contribution in [3.8, 4) is 0 Å². The fraction of sp³-hybridized carbons (Fsp3) is 0.789. The Hall–Kier alpha value is -1.88. The smallest absolute Gasteiger partial charge is 0.306 e. The predicted molar refractivity (Wildman–Crippen MR) is 182 cm³/mol. The molecule has 1 atom stereocenters. The molecule has 0 radical (unpaired) electrons. The monoisotopic (exact) mass is 605 g/mol. The molecule has 0 amide bonds. The van der Waals surface area contributed by atoms with E-state index in [1.54, 1.807) is 0 Å². The number of rotatable bonds is 32. The summed E-state index contributed by atoms with van der Waals surface area (Å²) < 4.78 is 10.6. The van der Waals surface area contributed by atoms with Crippen molar-refractivity contribution in [2.45, 2.75) is 180 Å². The Bertz CT molecular complexity index is 696. The topological polar surface area (TPSA) is 72.8 Å². The second kappa shape index (κ2) is 34.6. The molecule has 0 aliphatic rings. The lowest BCUT2D eigenvalue weighted by Gasteiger charge is -2.15. The third-order valence-electron chi connectivity index (χ3n) is 7.69. The summed E-state index contributed by atoms with van der Waals surface area (Å²) in [6, 6.07) is 0. The normalized spacial score (nSPS) is 12.5. The van der Waals surface area contributed by atoms with E-state index in [1.807, 2.05) is 0 Å². The fourth-order valence-electron chi connectivity index (χ4n) is 4.91. The Morgan fingerprint density at radius 1 is 0.535 bits per heavy atom. The minimum absolute atomic E-state index is 0.0728. The van der Waals surface area contributed by atoms with Crippen molar-refractivity contribution in [2.24, 2.45) is 0 Å². The lowest BCUT2D eigenvalue weighted by atomic mass is 10.0. The van der Waals surface area contributed by atoms with Crippen LogP contribution in [0, 0.1) is 0 Å². The van der Waals surface area contributed by atoms with Gasteiger partial charge in [-0.3, -0.25) is 9.59 Å². The first-order chi connectivity index (χ1) is 21.1. The Kier molecular flexibility index (Phi) is 33.1. The van der Waals surface area contributed by atoms with Crippen LogP contribution >= 0.6 is 0 Å². The van der Waals surface area contributed by atoms with Crippen LogP contribution in [-0.2, 0) is 19.1 Å². The van der Waals surface area contributed by atoms with E-state index in [-0.39, 0.29) is 25.2 Å². The lowest BCUT2D eigenvalue weighted by molar-refractivity contribution is -0.161. The maximum Gasteiger partial charge on any atom is 0.306 e. The molecule has 250 valence electrons. The van der Waals surface area contributed by atoms with Gasteiger partial charge in [-0.2, -0.15) is 0 Å². The largest absolute Gasteiger partial charge is 0.462 e. The second-order valence-electron chi connectivity index (χ2n) is 12.0. The number of aliphatic hydroxyl groups excluding tert-OH is 1. The highest BCUT2D eigenvalue weighted by Gasteiger charge is 2.16. The van der Waals surface area contributed by atoms with E-state index in [2.05, 4.69) is 50.3 Å². The first kappa shape index (κ1) is 41.1. The number of hydrogen-bond acceptors (Lipinski definition) is 5. The summed E-state index contributed by atoms with van der Waals surface area (Å²) >= 11 is 0. The van der Waals surface area contributed by atoms with Crippen LogP contribution < -0.4 is 0 Å². The highest BCUT2D eigenvalue weighted by Crippen LogP contribution is 2.13. The van der Waals surface area contributed by atoms with Crippen molar-refractivity contribution in [3.05, 3.63) is 36.5 Å². The highest BCUT2D eigenvalue weighted by molar-refractivity contribution is 5.70. The summed E-state index contributed by atoms with van der Waals surface area (Å²) in [6.07, 6.45) is 40.5. The zero-order chi connectivity index (χ0) is 31.5. The van der Waals surface area contributed by atoms with Gasteiger partial charge in [0.25, 0.3) is 0 Å². The maximum absolute atomic E-state index is 12.1. The van der Waals surface area contributed by atoms with Gasteiger partial charge in [0, 0.05) is 12.8 Å². The number of esters is 2. The minimum atomic E-state index is -0.778. The van der Waals surface area contributed by atoms with Crippen LogP contribution in [0.2, 0.25) is 0 Å². The van der Waals surface area contributed by atoms with E-state index in [1.165, 1.54) is 83.5 Å². The molecule has 5 nitrogen and oxygen atoms in total. The molecule has 1 N–H and O–H groups in total. The van der Waals surface area contributed by atoms with Crippen molar-refractivity contribution < 1.29 is 24.2 Å². The SMILES string of the molecule is CCCCC/C=C\C/C=C\C/C=C\CCCCCCC(=O)O[C@@H](CO)COC(=O)CCCCCCCCCCCCCC. The number of aliphatic hydroxyl groups is 1. The van der Waals surface area contributed by atoms with Gasteiger partial charge in [-0.05, 0) is 51.4 Å². The number of hydrogen-bond donors (Lipinski definition) is 1. The molecule has 0 aromatic carbocycles. The lowest BCUT2D eigenvalue weighted by Crippen LogP contribution is -2.28. The summed E-state index contributed by atoms with van der Waals surface area (Å²) in [6.45, 7) is 4.08. The summed E-state index contributed by atoms with van der Waals surface area (Å²) in [7, 11) is 0. The molecule has 0 saturated carbocycles. The predicted octanol–water partition coefficient (Wildman–Crippen LogP) is 10.9. The molecule has 0 unspecified atom stereocenters. The van der Waals surface area contributed by atoms with Gasteiger partial charge in [0.1, 0.15) is 6.61 Å². The third kappa shape index (κ3) is 32.9. The van der Waals surface area contributed by atoms with E-state index < -0.39 is 6.10 Å². The van der Waals surface area contributed by atoms with Gasteiger partial charge in [0.15, 0.2) is 6.10 Å². The van der Waals surface area contributed by atoms with E-state index in [0.717, 1.165) is 64.2 Å². The number of allylic oxidation sites excluding steroid dienone is 6. The first-order valence-corrected chi connectivity index (χ1v) is 18.0. The van der Waals surface area contributed by atoms with E-state index in [9.17, 15) is 14.7 Å².